The highest BCUT2D eigenvalue weighted by molar-refractivity contribution is 5.93. The molecule has 0 aliphatic rings. The molecule has 172 valence electrons. The Bertz CT molecular complexity index is 781. The highest BCUT2D eigenvalue weighted by atomic mass is 16.4. The third-order valence-electron chi connectivity index (χ3n) is 4.55. The van der Waals surface area contributed by atoms with Crippen molar-refractivity contribution in [1.82, 2.24) is 16.0 Å². The van der Waals surface area contributed by atoms with Crippen LogP contribution in [0.15, 0.2) is 24.3 Å². The Balaban J connectivity index is 2.74. The number of amides is 3. The van der Waals surface area contributed by atoms with Crippen LogP contribution in [-0.4, -0.2) is 58.1 Å². The van der Waals surface area contributed by atoms with E-state index in [1.807, 2.05) is 13.8 Å². The minimum Gasteiger partial charge on any atom is -0.508 e. The van der Waals surface area contributed by atoms with Crippen LogP contribution in [-0.2, 0) is 25.6 Å². The average Bonchev–Trinajstić information content (AvgIpc) is 2.68. The first-order valence-electron chi connectivity index (χ1n) is 10.1. The van der Waals surface area contributed by atoms with Gasteiger partial charge in [0.15, 0.2) is 0 Å². The van der Waals surface area contributed by atoms with Crippen LogP contribution in [0.1, 0.15) is 39.7 Å². The van der Waals surface area contributed by atoms with Crippen LogP contribution in [0.3, 0.4) is 0 Å². The SMILES string of the molecule is CC(C)C[C@H](NC(=O)[C@@H](N)Cc1ccc(O)cc1)C(=O)N[C@@H](C)C(=O)N[C@@H](C)C(=O)O. The molecule has 1 aromatic rings. The van der Waals surface area contributed by atoms with Crippen molar-refractivity contribution in [2.24, 2.45) is 11.7 Å². The molecule has 0 radical (unpaired) electrons. The Kier molecular flexibility index (Phi) is 9.94. The van der Waals surface area contributed by atoms with Gasteiger partial charge in [-0.25, -0.2) is 0 Å². The maximum Gasteiger partial charge on any atom is 0.325 e. The first kappa shape index (κ1) is 25.9. The van der Waals surface area contributed by atoms with Crippen molar-refractivity contribution in [3.63, 3.8) is 0 Å². The molecule has 0 saturated carbocycles. The molecule has 7 N–H and O–H groups in total. The molecule has 0 aliphatic carbocycles. The lowest BCUT2D eigenvalue weighted by Crippen LogP contribution is -2.56. The van der Waals surface area contributed by atoms with Crippen molar-refractivity contribution in [3.05, 3.63) is 29.8 Å². The summed E-state index contributed by atoms with van der Waals surface area (Å²) in [7, 11) is 0. The number of benzene rings is 1. The highest BCUT2D eigenvalue weighted by Gasteiger charge is 2.28. The predicted octanol–water partition coefficient (Wildman–Crippen LogP) is -0.113. The number of aromatic hydroxyl groups is 1. The molecular formula is C21H32N4O6. The number of nitrogens with two attached hydrogens (primary N) is 1. The van der Waals surface area contributed by atoms with Crippen LogP contribution in [0.5, 0.6) is 5.75 Å². The molecule has 0 saturated heterocycles. The van der Waals surface area contributed by atoms with Gasteiger partial charge in [0.2, 0.25) is 17.7 Å². The number of hydrogen-bond acceptors (Lipinski definition) is 6. The van der Waals surface area contributed by atoms with Crippen molar-refractivity contribution in [3.8, 4) is 5.75 Å². The van der Waals surface area contributed by atoms with Crippen LogP contribution < -0.4 is 21.7 Å². The quantitative estimate of drug-likeness (QED) is 0.281. The van der Waals surface area contributed by atoms with E-state index in [2.05, 4.69) is 16.0 Å². The number of nitrogens with one attached hydrogen (secondary N) is 3. The van der Waals surface area contributed by atoms with E-state index in [0.29, 0.717) is 6.42 Å². The summed E-state index contributed by atoms with van der Waals surface area (Å²) < 4.78 is 0. The summed E-state index contributed by atoms with van der Waals surface area (Å²) in [5.74, 6) is -2.76. The number of carboxylic acids is 1. The summed E-state index contributed by atoms with van der Waals surface area (Å²) in [5, 5.41) is 25.6. The number of hydrogen-bond donors (Lipinski definition) is 6. The number of rotatable bonds is 11. The van der Waals surface area contributed by atoms with Gasteiger partial charge in [0.25, 0.3) is 0 Å². The number of aliphatic carboxylic acids is 1. The lowest BCUT2D eigenvalue weighted by molar-refractivity contribution is -0.141. The number of phenolic OH excluding ortho intramolecular Hbond substituents is 1. The Morgan fingerprint density at radius 3 is 1.94 bits per heavy atom. The first-order chi connectivity index (χ1) is 14.4. The number of carbonyl (C=O) groups excluding carboxylic acids is 3. The smallest absolute Gasteiger partial charge is 0.325 e. The van der Waals surface area contributed by atoms with E-state index in [-0.39, 0.29) is 18.1 Å². The number of carbonyl (C=O) groups is 4. The van der Waals surface area contributed by atoms with Crippen molar-refractivity contribution in [1.29, 1.82) is 0 Å². The molecule has 0 bridgehead atoms. The van der Waals surface area contributed by atoms with Gasteiger partial charge in [-0.2, -0.15) is 0 Å². The first-order valence-corrected chi connectivity index (χ1v) is 10.1. The van der Waals surface area contributed by atoms with Crippen molar-refractivity contribution < 1.29 is 29.4 Å². The topological polar surface area (TPSA) is 171 Å². The lowest BCUT2D eigenvalue weighted by atomic mass is 10.0. The van der Waals surface area contributed by atoms with Crippen LogP contribution in [0.25, 0.3) is 0 Å². The molecule has 3 amide bonds. The fourth-order valence-corrected chi connectivity index (χ4v) is 2.74. The maximum absolute atomic E-state index is 12.7. The largest absolute Gasteiger partial charge is 0.508 e. The Morgan fingerprint density at radius 1 is 0.871 bits per heavy atom. The number of phenols is 1. The molecule has 1 aromatic carbocycles. The monoisotopic (exact) mass is 436 g/mol. The fraction of sp³-hybridized carbons (Fsp3) is 0.524. The summed E-state index contributed by atoms with van der Waals surface area (Å²) in [6, 6.07) is 2.37. The highest BCUT2D eigenvalue weighted by Crippen LogP contribution is 2.11. The van der Waals surface area contributed by atoms with E-state index < -0.39 is 47.9 Å². The van der Waals surface area contributed by atoms with Gasteiger partial charge in [-0.15, -0.1) is 0 Å². The van der Waals surface area contributed by atoms with Crippen LogP contribution in [0.4, 0.5) is 0 Å². The van der Waals surface area contributed by atoms with Crippen molar-refractivity contribution >= 4 is 23.7 Å². The molecule has 31 heavy (non-hydrogen) atoms. The Labute approximate surface area is 181 Å². The van der Waals surface area contributed by atoms with E-state index >= 15 is 0 Å². The normalized spacial score (nSPS) is 14.8. The van der Waals surface area contributed by atoms with E-state index in [0.717, 1.165) is 5.56 Å². The summed E-state index contributed by atoms with van der Waals surface area (Å²) >= 11 is 0. The van der Waals surface area contributed by atoms with Crippen LogP contribution >= 0.6 is 0 Å². The third kappa shape index (κ3) is 9.04. The van der Waals surface area contributed by atoms with Gasteiger partial charge in [-0.05, 0) is 50.3 Å². The zero-order valence-electron chi connectivity index (χ0n) is 18.2. The average molecular weight is 437 g/mol. The molecule has 0 spiro atoms. The van der Waals surface area contributed by atoms with Crippen molar-refractivity contribution in [2.45, 2.75) is 64.7 Å². The Hall–Kier alpha value is -3.14. The van der Waals surface area contributed by atoms with Gasteiger partial charge >= 0.3 is 5.97 Å². The summed E-state index contributed by atoms with van der Waals surface area (Å²) in [6.07, 6.45) is 0.539. The summed E-state index contributed by atoms with van der Waals surface area (Å²) in [4.78, 5) is 48.2. The summed E-state index contributed by atoms with van der Waals surface area (Å²) in [5.41, 5.74) is 6.73. The zero-order valence-corrected chi connectivity index (χ0v) is 18.2. The van der Waals surface area contributed by atoms with Gasteiger partial charge in [-0.3, -0.25) is 19.2 Å². The second-order valence-corrected chi connectivity index (χ2v) is 7.97. The number of carboxylic acid groups (broad SMARTS) is 1. The van der Waals surface area contributed by atoms with Gasteiger partial charge in [-0.1, -0.05) is 26.0 Å². The molecule has 0 heterocycles. The molecule has 0 aromatic heterocycles. The van der Waals surface area contributed by atoms with Crippen LogP contribution in [0, 0.1) is 5.92 Å². The van der Waals surface area contributed by atoms with E-state index in [9.17, 15) is 24.3 Å². The zero-order chi connectivity index (χ0) is 23.7. The van der Waals surface area contributed by atoms with E-state index in [1.165, 1.54) is 26.0 Å². The van der Waals surface area contributed by atoms with Crippen molar-refractivity contribution in [2.75, 3.05) is 0 Å². The van der Waals surface area contributed by atoms with Crippen LogP contribution in [0.2, 0.25) is 0 Å². The lowest BCUT2D eigenvalue weighted by Gasteiger charge is -2.24. The molecule has 10 heteroatoms. The molecule has 0 unspecified atom stereocenters. The fourth-order valence-electron chi connectivity index (χ4n) is 2.74. The second kappa shape index (κ2) is 11.9. The van der Waals surface area contributed by atoms with Gasteiger partial charge in [0.05, 0.1) is 6.04 Å². The predicted molar refractivity (Wildman–Crippen MR) is 114 cm³/mol. The maximum atomic E-state index is 12.7. The van der Waals surface area contributed by atoms with E-state index in [1.54, 1.807) is 12.1 Å². The van der Waals surface area contributed by atoms with Gasteiger partial charge < -0.3 is 31.9 Å². The molecule has 10 nitrogen and oxygen atoms in total. The van der Waals surface area contributed by atoms with E-state index in [4.69, 9.17) is 10.8 Å². The molecule has 0 aliphatic heterocycles. The second-order valence-electron chi connectivity index (χ2n) is 7.97. The Morgan fingerprint density at radius 2 is 1.42 bits per heavy atom. The molecule has 1 rings (SSSR count). The van der Waals surface area contributed by atoms with Gasteiger partial charge in [0.1, 0.15) is 23.9 Å². The molecular weight excluding hydrogens is 404 g/mol. The minimum atomic E-state index is -1.19. The third-order valence-corrected chi connectivity index (χ3v) is 4.55. The molecule has 0 fully saturated rings. The standard InChI is InChI=1S/C21H32N4O6/c1-11(2)9-17(20(29)23-12(3)18(27)24-13(4)21(30)31)25-19(28)16(22)10-14-5-7-15(26)8-6-14/h5-8,11-13,16-17,26H,9-10,22H2,1-4H3,(H,23,29)(H,24,27)(H,25,28)(H,30,31)/t12-,13-,16-,17-/m0/s1. The van der Waals surface area contributed by atoms with Gasteiger partial charge in [0, 0.05) is 0 Å². The minimum absolute atomic E-state index is 0.0699. The molecule has 4 atom stereocenters. The summed E-state index contributed by atoms with van der Waals surface area (Å²) in [6.45, 7) is 6.50.